The van der Waals surface area contributed by atoms with E-state index >= 15 is 0 Å². The summed E-state index contributed by atoms with van der Waals surface area (Å²) in [5.41, 5.74) is 3.30. The highest BCUT2D eigenvalue weighted by molar-refractivity contribution is 5.89. The smallest absolute Gasteiger partial charge is 0.319 e. The Morgan fingerprint density at radius 3 is 2.24 bits per heavy atom. The number of rotatable bonds is 5. The van der Waals surface area contributed by atoms with Gasteiger partial charge in [0.2, 0.25) is 0 Å². The van der Waals surface area contributed by atoms with E-state index in [-0.39, 0.29) is 12.1 Å². The van der Waals surface area contributed by atoms with Gasteiger partial charge in [0.1, 0.15) is 0 Å². The van der Waals surface area contributed by atoms with E-state index in [1.165, 1.54) is 11.1 Å². The third-order valence-corrected chi connectivity index (χ3v) is 3.02. The maximum atomic E-state index is 11.9. The quantitative estimate of drug-likeness (QED) is 0.747. The Bertz CT molecular complexity index is 509. The van der Waals surface area contributed by atoms with Crippen LogP contribution < -0.4 is 10.6 Å². The summed E-state index contributed by atoms with van der Waals surface area (Å²) >= 11 is 0. The van der Waals surface area contributed by atoms with Crippen molar-refractivity contribution in [1.29, 1.82) is 0 Å². The van der Waals surface area contributed by atoms with E-state index in [1.807, 2.05) is 63.3 Å². The SMILES string of the molecule is CC(C)=C/C=C\C(C)NC(=O)Nc1ccc(C(C)C)cc1. The molecule has 0 aliphatic carbocycles. The molecule has 0 spiro atoms. The van der Waals surface area contributed by atoms with E-state index in [0.717, 1.165) is 5.69 Å². The van der Waals surface area contributed by atoms with Crippen LogP contribution in [0.4, 0.5) is 10.5 Å². The van der Waals surface area contributed by atoms with Gasteiger partial charge >= 0.3 is 6.03 Å². The first kappa shape index (κ1) is 17.0. The van der Waals surface area contributed by atoms with Gasteiger partial charge in [-0.3, -0.25) is 0 Å². The van der Waals surface area contributed by atoms with E-state index in [4.69, 9.17) is 0 Å². The van der Waals surface area contributed by atoms with Crippen LogP contribution in [-0.4, -0.2) is 12.1 Å². The minimum absolute atomic E-state index is 0.0180. The molecule has 0 saturated heterocycles. The van der Waals surface area contributed by atoms with Gasteiger partial charge in [-0.05, 0) is 44.4 Å². The molecule has 3 nitrogen and oxygen atoms in total. The van der Waals surface area contributed by atoms with Crippen molar-refractivity contribution in [3.8, 4) is 0 Å². The van der Waals surface area contributed by atoms with Crippen LogP contribution in [-0.2, 0) is 0 Å². The number of urea groups is 1. The van der Waals surface area contributed by atoms with Crippen LogP contribution >= 0.6 is 0 Å². The van der Waals surface area contributed by atoms with Crippen LogP contribution in [0.15, 0.2) is 48.1 Å². The highest BCUT2D eigenvalue weighted by Crippen LogP contribution is 2.16. The van der Waals surface area contributed by atoms with Crippen LogP contribution in [0.2, 0.25) is 0 Å². The number of carbonyl (C=O) groups is 1. The molecule has 0 fully saturated rings. The van der Waals surface area contributed by atoms with E-state index in [0.29, 0.717) is 5.92 Å². The summed E-state index contributed by atoms with van der Waals surface area (Å²) in [5, 5.41) is 5.71. The molecular weight excluding hydrogens is 260 g/mol. The molecule has 0 radical (unpaired) electrons. The third kappa shape index (κ3) is 6.80. The van der Waals surface area contributed by atoms with Gasteiger partial charge < -0.3 is 10.6 Å². The Morgan fingerprint density at radius 2 is 1.71 bits per heavy atom. The highest BCUT2D eigenvalue weighted by Gasteiger charge is 2.05. The van der Waals surface area contributed by atoms with Gasteiger partial charge in [-0.2, -0.15) is 0 Å². The van der Waals surface area contributed by atoms with Crippen molar-refractivity contribution in [3.63, 3.8) is 0 Å². The number of carbonyl (C=O) groups excluding carboxylic acids is 1. The fraction of sp³-hybridized carbons (Fsp3) is 0.389. The normalized spacial score (nSPS) is 12.3. The van der Waals surface area contributed by atoms with Crippen molar-refractivity contribution in [2.75, 3.05) is 5.32 Å². The predicted molar refractivity (Wildman–Crippen MR) is 90.7 cm³/mol. The van der Waals surface area contributed by atoms with Crippen molar-refractivity contribution in [2.45, 2.75) is 46.6 Å². The molecule has 0 aromatic heterocycles. The number of amides is 2. The molecule has 0 bridgehead atoms. The summed E-state index contributed by atoms with van der Waals surface area (Å²) in [6.45, 7) is 10.3. The lowest BCUT2D eigenvalue weighted by atomic mass is 10.0. The van der Waals surface area contributed by atoms with Crippen molar-refractivity contribution in [3.05, 3.63) is 53.6 Å². The van der Waals surface area contributed by atoms with Gasteiger partial charge in [-0.25, -0.2) is 4.79 Å². The average molecular weight is 286 g/mol. The topological polar surface area (TPSA) is 41.1 Å². The second kappa shape index (κ2) is 8.30. The molecule has 2 amide bonds. The van der Waals surface area contributed by atoms with E-state index < -0.39 is 0 Å². The van der Waals surface area contributed by atoms with Crippen LogP contribution in [0.3, 0.4) is 0 Å². The molecule has 0 aliphatic heterocycles. The van der Waals surface area contributed by atoms with Crippen molar-refractivity contribution in [2.24, 2.45) is 0 Å². The average Bonchev–Trinajstić information content (AvgIpc) is 2.38. The largest absolute Gasteiger partial charge is 0.332 e. The third-order valence-electron chi connectivity index (χ3n) is 3.02. The van der Waals surface area contributed by atoms with Gasteiger partial charge in [0.05, 0.1) is 0 Å². The number of allylic oxidation sites excluding steroid dienone is 3. The number of benzene rings is 1. The zero-order chi connectivity index (χ0) is 15.8. The summed E-state index contributed by atoms with van der Waals surface area (Å²) < 4.78 is 0. The van der Waals surface area contributed by atoms with Crippen molar-refractivity contribution >= 4 is 11.7 Å². The molecule has 0 aliphatic rings. The molecular formula is C18H26N2O. The molecule has 1 aromatic rings. The lowest BCUT2D eigenvalue weighted by Crippen LogP contribution is -2.34. The zero-order valence-electron chi connectivity index (χ0n) is 13.6. The molecule has 1 aromatic carbocycles. The molecule has 114 valence electrons. The van der Waals surface area contributed by atoms with Crippen LogP contribution in [0.5, 0.6) is 0 Å². The summed E-state index contributed by atoms with van der Waals surface area (Å²) in [5.74, 6) is 0.494. The minimum atomic E-state index is -0.193. The van der Waals surface area contributed by atoms with E-state index in [9.17, 15) is 4.79 Å². The second-order valence-corrected chi connectivity index (χ2v) is 5.79. The molecule has 2 N–H and O–H groups in total. The number of hydrogen-bond donors (Lipinski definition) is 2. The standard InChI is InChI=1S/C18H26N2O/c1-13(2)7-6-8-15(5)19-18(21)20-17-11-9-16(10-12-17)14(3)4/h6-12,14-15H,1-5H3,(H2,19,20,21)/b8-6-. The van der Waals surface area contributed by atoms with Crippen molar-refractivity contribution in [1.82, 2.24) is 5.32 Å². The minimum Gasteiger partial charge on any atom is -0.332 e. The molecule has 1 atom stereocenters. The monoisotopic (exact) mass is 286 g/mol. The number of hydrogen-bond acceptors (Lipinski definition) is 1. The Balaban J connectivity index is 2.49. The summed E-state index contributed by atoms with van der Waals surface area (Å²) in [7, 11) is 0. The first-order chi connectivity index (χ1) is 9.88. The fourth-order valence-corrected chi connectivity index (χ4v) is 1.79. The molecule has 0 saturated carbocycles. The Morgan fingerprint density at radius 1 is 1.10 bits per heavy atom. The maximum Gasteiger partial charge on any atom is 0.319 e. The van der Waals surface area contributed by atoms with Crippen LogP contribution in [0.1, 0.15) is 46.1 Å². The van der Waals surface area contributed by atoms with Crippen LogP contribution in [0, 0.1) is 0 Å². The highest BCUT2D eigenvalue weighted by atomic mass is 16.2. The molecule has 0 heterocycles. The van der Waals surface area contributed by atoms with Crippen molar-refractivity contribution < 1.29 is 4.79 Å². The first-order valence-corrected chi connectivity index (χ1v) is 7.37. The Labute approximate surface area is 128 Å². The lowest BCUT2D eigenvalue weighted by Gasteiger charge is -2.12. The summed E-state index contributed by atoms with van der Waals surface area (Å²) in [6.07, 6.45) is 5.92. The number of anilines is 1. The van der Waals surface area contributed by atoms with E-state index in [2.05, 4.69) is 24.5 Å². The van der Waals surface area contributed by atoms with Gasteiger partial charge in [0, 0.05) is 11.7 Å². The maximum absolute atomic E-state index is 11.9. The Hall–Kier alpha value is -2.03. The zero-order valence-corrected chi connectivity index (χ0v) is 13.6. The van der Waals surface area contributed by atoms with Gasteiger partial charge in [-0.1, -0.05) is 49.8 Å². The second-order valence-electron chi connectivity index (χ2n) is 5.79. The first-order valence-electron chi connectivity index (χ1n) is 7.37. The lowest BCUT2D eigenvalue weighted by molar-refractivity contribution is 0.251. The number of nitrogens with one attached hydrogen (secondary N) is 2. The van der Waals surface area contributed by atoms with Gasteiger partial charge in [0.25, 0.3) is 0 Å². The summed E-state index contributed by atoms with van der Waals surface area (Å²) in [4.78, 5) is 11.9. The van der Waals surface area contributed by atoms with Gasteiger partial charge in [-0.15, -0.1) is 0 Å². The molecule has 21 heavy (non-hydrogen) atoms. The fourth-order valence-electron chi connectivity index (χ4n) is 1.79. The molecule has 1 rings (SSSR count). The Kier molecular flexibility index (Phi) is 6.73. The predicted octanol–water partition coefficient (Wildman–Crippen LogP) is 4.84. The van der Waals surface area contributed by atoms with Crippen LogP contribution in [0.25, 0.3) is 0 Å². The summed E-state index contributed by atoms with van der Waals surface area (Å²) in [6, 6.07) is 7.73. The molecule has 3 heteroatoms. The van der Waals surface area contributed by atoms with E-state index in [1.54, 1.807) is 0 Å². The molecule has 1 unspecified atom stereocenters. The van der Waals surface area contributed by atoms with Gasteiger partial charge in [0.15, 0.2) is 0 Å².